The zero-order valence-electron chi connectivity index (χ0n) is 24.5. The van der Waals surface area contributed by atoms with Gasteiger partial charge in [-0.3, -0.25) is 9.59 Å². The van der Waals surface area contributed by atoms with E-state index < -0.39 is 17.6 Å². The fourth-order valence-corrected chi connectivity index (χ4v) is 5.42. The number of carbonyl (C=O) groups is 3. The lowest BCUT2D eigenvalue weighted by Gasteiger charge is -2.33. The Hall–Kier alpha value is -3.81. The Bertz CT molecular complexity index is 1230. The third-order valence-corrected chi connectivity index (χ3v) is 7.64. The molecule has 0 aromatic heterocycles. The van der Waals surface area contributed by atoms with Crippen LogP contribution in [0.2, 0.25) is 0 Å². The van der Waals surface area contributed by atoms with Crippen LogP contribution in [0.25, 0.3) is 6.08 Å². The summed E-state index contributed by atoms with van der Waals surface area (Å²) >= 11 is 0. The molecule has 8 nitrogen and oxygen atoms in total. The molecular formula is C33H43N3O5. The van der Waals surface area contributed by atoms with E-state index in [1.54, 1.807) is 4.90 Å². The van der Waals surface area contributed by atoms with Crippen molar-refractivity contribution in [2.24, 2.45) is 5.92 Å². The van der Waals surface area contributed by atoms with Gasteiger partial charge in [-0.05, 0) is 81.5 Å². The second kappa shape index (κ2) is 13.7. The molecule has 2 amide bonds. The molecule has 1 saturated heterocycles. The molecule has 220 valence electrons. The van der Waals surface area contributed by atoms with Gasteiger partial charge in [0, 0.05) is 31.9 Å². The lowest BCUT2D eigenvalue weighted by molar-refractivity contribution is -0.141. The molecule has 2 aliphatic heterocycles. The number of benzene rings is 2. The molecule has 2 aromatic rings. The highest BCUT2D eigenvalue weighted by atomic mass is 16.6. The smallest absolute Gasteiger partial charge is 0.410 e. The number of ether oxygens (including phenoxy) is 1. The molecule has 1 atom stereocenters. The van der Waals surface area contributed by atoms with E-state index >= 15 is 0 Å². The van der Waals surface area contributed by atoms with Gasteiger partial charge in [0.25, 0.3) is 0 Å². The molecule has 0 saturated carbocycles. The first-order chi connectivity index (χ1) is 19.6. The predicted molar refractivity (Wildman–Crippen MR) is 160 cm³/mol. The van der Waals surface area contributed by atoms with Crippen molar-refractivity contribution < 1.29 is 24.2 Å². The summed E-state index contributed by atoms with van der Waals surface area (Å²) in [6, 6.07) is 15.3. The molecular weight excluding hydrogens is 518 g/mol. The summed E-state index contributed by atoms with van der Waals surface area (Å²) in [6.45, 7) is 8.10. The zero-order chi connectivity index (χ0) is 29.4. The Morgan fingerprint density at radius 1 is 1.10 bits per heavy atom. The minimum absolute atomic E-state index is 0.186. The van der Waals surface area contributed by atoms with Gasteiger partial charge >= 0.3 is 12.1 Å². The SMILES string of the molecule is CC(C)(C)OC(=O)N1CCC(CC/C=C/c2ccc3c(c2)NC(CC(=O)O)C(=O)N(CCc2ccccc2)C3)CC1. The Labute approximate surface area is 243 Å². The number of rotatable bonds is 9. The molecule has 4 rings (SSSR count). The van der Waals surface area contributed by atoms with E-state index in [4.69, 9.17) is 4.74 Å². The summed E-state index contributed by atoms with van der Waals surface area (Å²) in [5.41, 5.74) is 3.46. The number of carboxylic acid groups (broad SMARTS) is 1. The minimum atomic E-state index is -1.00. The van der Waals surface area contributed by atoms with Crippen LogP contribution >= 0.6 is 0 Å². The van der Waals surface area contributed by atoms with Gasteiger partial charge < -0.3 is 25.0 Å². The normalized spacial score (nSPS) is 18.1. The van der Waals surface area contributed by atoms with E-state index in [-0.39, 0.29) is 18.4 Å². The fourth-order valence-electron chi connectivity index (χ4n) is 5.42. The molecule has 1 unspecified atom stereocenters. The van der Waals surface area contributed by atoms with Gasteiger partial charge in [-0.15, -0.1) is 0 Å². The highest BCUT2D eigenvalue weighted by molar-refractivity contribution is 5.90. The van der Waals surface area contributed by atoms with E-state index in [1.165, 1.54) is 0 Å². The zero-order valence-corrected chi connectivity index (χ0v) is 24.5. The number of hydrogen-bond donors (Lipinski definition) is 2. The van der Waals surface area contributed by atoms with Crippen LogP contribution in [0, 0.1) is 5.92 Å². The predicted octanol–water partition coefficient (Wildman–Crippen LogP) is 5.97. The Kier molecular flexibility index (Phi) is 10.1. The van der Waals surface area contributed by atoms with Crippen LogP contribution in [0.1, 0.15) is 69.6 Å². The highest BCUT2D eigenvalue weighted by Gasteiger charge is 2.31. The second-order valence-electron chi connectivity index (χ2n) is 12.1. The van der Waals surface area contributed by atoms with Crippen molar-refractivity contribution in [3.8, 4) is 0 Å². The number of piperidine rings is 1. The number of fused-ring (bicyclic) bond motifs is 1. The molecule has 2 N–H and O–H groups in total. The van der Waals surface area contributed by atoms with Crippen molar-refractivity contribution in [2.75, 3.05) is 25.0 Å². The van der Waals surface area contributed by atoms with Crippen LogP contribution < -0.4 is 5.32 Å². The van der Waals surface area contributed by atoms with E-state index in [1.807, 2.05) is 74.2 Å². The quantitative estimate of drug-likeness (QED) is 0.392. The summed E-state index contributed by atoms with van der Waals surface area (Å²) in [5.74, 6) is -0.610. The summed E-state index contributed by atoms with van der Waals surface area (Å²) < 4.78 is 5.50. The number of carbonyl (C=O) groups excluding carboxylic acids is 2. The first-order valence-corrected chi connectivity index (χ1v) is 14.7. The van der Waals surface area contributed by atoms with Crippen molar-refractivity contribution in [3.63, 3.8) is 0 Å². The average molecular weight is 562 g/mol. The van der Waals surface area contributed by atoms with Crippen molar-refractivity contribution >= 4 is 29.7 Å². The lowest BCUT2D eigenvalue weighted by atomic mass is 9.92. The summed E-state index contributed by atoms with van der Waals surface area (Å²) in [7, 11) is 0. The second-order valence-corrected chi connectivity index (χ2v) is 12.1. The molecule has 41 heavy (non-hydrogen) atoms. The number of nitrogens with zero attached hydrogens (tertiary/aromatic N) is 2. The molecule has 0 spiro atoms. The number of amides is 2. The average Bonchev–Trinajstić information content (AvgIpc) is 3.05. The van der Waals surface area contributed by atoms with Crippen molar-refractivity contribution in [1.29, 1.82) is 0 Å². The van der Waals surface area contributed by atoms with Crippen LogP contribution in [0.5, 0.6) is 0 Å². The van der Waals surface area contributed by atoms with Crippen molar-refractivity contribution in [2.45, 2.75) is 77.5 Å². The molecule has 0 aliphatic carbocycles. The highest BCUT2D eigenvalue weighted by Crippen LogP contribution is 2.27. The van der Waals surface area contributed by atoms with Gasteiger partial charge in [0.15, 0.2) is 0 Å². The van der Waals surface area contributed by atoms with E-state index in [0.29, 0.717) is 25.4 Å². The summed E-state index contributed by atoms with van der Waals surface area (Å²) in [5, 5.41) is 12.7. The van der Waals surface area contributed by atoms with Crippen LogP contribution in [0.3, 0.4) is 0 Å². The van der Waals surface area contributed by atoms with Gasteiger partial charge in [0.2, 0.25) is 5.91 Å². The van der Waals surface area contributed by atoms with Crippen molar-refractivity contribution in [1.82, 2.24) is 9.80 Å². The number of nitrogens with one attached hydrogen (secondary N) is 1. The number of allylic oxidation sites excluding steroid dienone is 1. The number of hydrogen-bond acceptors (Lipinski definition) is 5. The number of aliphatic carboxylic acids is 1. The standard InChI is InChI=1S/C33H43N3O5/c1-33(2,3)41-32(40)35-18-15-25(16-19-35)11-7-8-12-26-13-14-27-23-36(20-17-24-9-5-4-6-10-24)31(39)29(22-30(37)38)34-28(27)21-26/h4-6,8-10,12-14,21,25,29,34H,7,11,15-20,22-23H2,1-3H3,(H,37,38)/b12-8+. The molecule has 2 aromatic carbocycles. The number of likely N-dealkylation sites (tertiary alicyclic amines) is 1. The van der Waals surface area contributed by atoms with Crippen LogP contribution in [0.15, 0.2) is 54.6 Å². The van der Waals surface area contributed by atoms with Crippen LogP contribution in [-0.2, 0) is 27.3 Å². The van der Waals surface area contributed by atoms with Gasteiger partial charge in [0.1, 0.15) is 11.6 Å². The number of anilines is 1. The van der Waals surface area contributed by atoms with Crippen molar-refractivity contribution in [3.05, 3.63) is 71.3 Å². The van der Waals surface area contributed by atoms with Crippen LogP contribution in [-0.4, -0.2) is 64.2 Å². The lowest BCUT2D eigenvalue weighted by Crippen LogP contribution is -2.42. The molecule has 2 heterocycles. The third-order valence-electron chi connectivity index (χ3n) is 7.64. The minimum Gasteiger partial charge on any atom is -0.481 e. The monoisotopic (exact) mass is 561 g/mol. The summed E-state index contributed by atoms with van der Waals surface area (Å²) in [4.78, 5) is 40.7. The van der Waals surface area contributed by atoms with Gasteiger partial charge in [-0.25, -0.2) is 4.79 Å². The van der Waals surface area contributed by atoms with Crippen LogP contribution in [0.4, 0.5) is 10.5 Å². The fraction of sp³-hybridized carbons (Fsp3) is 0.485. The molecule has 0 bridgehead atoms. The van der Waals surface area contributed by atoms with E-state index in [0.717, 1.165) is 61.2 Å². The Morgan fingerprint density at radius 3 is 2.51 bits per heavy atom. The molecule has 0 radical (unpaired) electrons. The van der Waals surface area contributed by atoms with E-state index in [9.17, 15) is 19.5 Å². The Balaban J connectivity index is 1.33. The molecule has 8 heteroatoms. The maximum absolute atomic E-state index is 13.3. The summed E-state index contributed by atoms with van der Waals surface area (Å²) in [6.07, 6.45) is 8.44. The molecule has 2 aliphatic rings. The van der Waals surface area contributed by atoms with Gasteiger partial charge in [0.05, 0.1) is 6.42 Å². The number of carboxylic acids is 1. The van der Waals surface area contributed by atoms with Gasteiger partial charge in [-0.2, -0.15) is 0 Å². The first-order valence-electron chi connectivity index (χ1n) is 14.7. The first kappa shape index (κ1) is 30.2. The third kappa shape index (κ3) is 9.10. The maximum Gasteiger partial charge on any atom is 0.410 e. The largest absolute Gasteiger partial charge is 0.481 e. The van der Waals surface area contributed by atoms with E-state index in [2.05, 4.69) is 17.5 Å². The molecule has 1 fully saturated rings. The van der Waals surface area contributed by atoms with Gasteiger partial charge in [-0.1, -0.05) is 54.6 Å². The topological polar surface area (TPSA) is 99.2 Å². The maximum atomic E-state index is 13.3. The Morgan fingerprint density at radius 2 is 1.83 bits per heavy atom.